The molecular weight excluding hydrogens is 314 g/mol. The SMILES string of the molecule is COc1cccc(CC(C(=O)NCCC(=O)O)n2nnnc2C)c1. The summed E-state index contributed by atoms with van der Waals surface area (Å²) in [6.45, 7) is 1.74. The lowest BCUT2D eigenvalue weighted by Crippen LogP contribution is -2.36. The molecule has 1 aromatic heterocycles. The number of benzene rings is 1. The number of aryl methyl sites for hydroxylation is 1. The Bertz CT molecular complexity index is 715. The Labute approximate surface area is 138 Å². The van der Waals surface area contributed by atoms with Gasteiger partial charge < -0.3 is 15.2 Å². The third kappa shape index (κ3) is 4.51. The van der Waals surface area contributed by atoms with Gasteiger partial charge in [-0.3, -0.25) is 9.59 Å². The molecule has 0 bridgehead atoms. The highest BCUT2D eigenvalue weighted by Gasteiger charge is 2.24. The molecular formula is C15H19N5O4. The first-order chi connectivity index (χ1) is 11.5. The number of carbonyl (C=O) groups is 2. The molecule has 1 heterocycles. The number of carboxylic acid groups (broad SMARTS) is 1. The Morgan fingerprint density at radius 3 is 2.83 bits per heavy atom. The zero-order chi connectivity index (χ0) is 17.5. The molecule has 1 unspecified atom stereocenters. The topological polar surface area (TPSA) is 119 Å². The van der Waals surface area contributed by atoms with Gasteiger partial charge >= 0.3 is 5.97 Å². The van der Waals surface area contributed by atoms with E-state index in [9.17, 15) is 9.59 Å². The Kier molecular flexibility index (Phi) is 5.83. The molecule has 0 aliphatic carbocycles. The average molecular weight is 333 g/mol. The van der Waals surface area contributed by atoms with E-state index in [1.54, 1.807) is 14.0 Å². The summed E-state index contributed by atoms with van der Waals surface area (Å²) >= 11 is 0. The number of aliphatic carboxylic acids is 1. The van der Waals surface area contributed by atoms with E-state index in [0.717, 1.165) is 5.56 Å². The average Bonchev–Trinajstić information content (AvgIpc) is 2.98. The van der Waals surface area contributed by atoms with Crippen LogP contribution in [0.3, 0.4) is 0 Å². The molecule has 0 spiro atoms. The van der Waals surface area contributed by atoms with E-state index in [4.69, 9.17) is 9.84 Å². The molecule has 2 rings (SSSR count). The first-order valence-electron chi connectivity index (χ1n) is 7.38. The van der Waals surface area contributed by atoms with Gasteiger partial charge in [-0.25, -0.2) is 4.68 Å². The van der Waals surface area contributed by atoms with Crippen LogP contribution in [-0.2, 0) is 16.0 Å². The minimum atomic E-state index is -0.974. The molecule has 0 saturated carbocycles. The number of hydrogen-bond acceptors (Lipinski definition) is 6. The fraction of sp³-hybridized carbons (Fsp3) is 0.400. The molecule has 0 aliphatic heterocycles. The molecule has 9 nitrogen and oxygen atoms in total. The highest BCUT2D eigenvalue weighted by Crippen LogP contribution is 2.19. The molecule has 1 aromatic carbocycles. The van der Waals surface area contributed by atoms with Crippen LogP contribution in [0.2, 0.25) is 0 Å². The summed E-state index contributed by atoms with van der Waals surface area (Å²) in [5, 5.41) is 22.5. The van der Waals surface area contributed by atoms with Crippen LogP contribution in [0.5, 0.6) is 5.75 Å². The fourth-order valence-corrected chi connectivity index (χ4v) is 2.25. The summed E-state index contributed by atoms with van der Waals surface area (Å²) < 4.78 is 6.62. The van der Waals surface area contributed by atoms with Gasteiger partial charge in [-0.05, 0) is 35.0 Å². The number of hydrogen-bond donors (Lipinski definition) is 2. The van der Waals surface area contributed by atoms with Crippen molar-refractivity contribution in [3.05, 3.63) is 35.7 Å². The number of rotatable bonds is 8. The van der Waals surface area contributed by atoms with Gasteiger partial charge in [-0.15, -0.1) is 5.10 Å². The minimum absolute atomic E-state index is 0.0456. The van der Waals surface area contributed by atoms with Gasteiger partial charge in [0, 0.05) is 13.0 Å². The number of nitrogens with one attached hydrogen (secondary N) is 1. The van der Waals surface area contributed by atoms with Gasteiger partial charge in [0.2, 0.25) is 5.91 Å². The van der Waals surface area contributed by atoms with Crippen LogP contribution in [0, 0.1) is 6.92 Å². The second-order valence-corrected chi connectivity index (χ2v) is 5.18. The smallest absolute Gasteiger partial charge is 0.305 e. The number of ether oxygens (including phenoxy) is 1. The predicted octanol–water partition coefficient (Wildman–Crippen LogP) is 0.365. The summed E-state index contributed by atoms with van der Waals surface area (Å²) in [6, 6.07) is 6.67. The quantitative estimate of drug-likeness (QED) is 0.716. The Balaban J connectivity index is 2.18. The van der Waals surface area contributed by atoms with Crippen molar-refractivity contribution in [2.45, 2.75) is 25.8 Å². The molecule has 0 fully saturated rings. The van der Waals surface area contributed by atoms with Gasteiger partial charge in [0.25, 0.3) is 0 Å². The number of carbonyl (C=O) groups excluding carboxylic acids is 1. The van der Waals surface area contributed by atoms with Crippen molar-refractivity contribution in [3.8, 4) is 5.75 Å². The van der Waals surface area contributed by atoms with Crippen molar-refractivity contribution in [1.82, 2.24) is 25.5 Å². The minimum Gasteiger partial charge on any atom is -0.497 e. The fourth-order valence-electron chi connectivity index (χ4n) is 2.25. The molecule has 9 heteroatoms. The molecule has 24 heavy (non-hydrogen) atoms. The third-order valence-electron chi connectivity index (χ3n) is 3.46. The van der Waals surface area contributed by atoms with Crippen molar-refractivity contribution in [3.63, 3.8) is 0 Å². The second kappa shape index (κ2) is 8.04. The second-order valence-electron chi connectivity index (χ2n) is 5.18. The van der Waals surface area contributed by atoms with Crippen molar-refractivity contribution >= 4 is 11.9 Å². The van der Waals surface area contributed by atoms with Crippen LogP contribution >= 0.6 is 0 Å². The summed E-state index contributed by atoms with van der Waals surface area (Å²) in [5.41, 5.74) is 0.877. The van der Waals surface area contributed by atoms with E-state index in [2.05, 4.69) is 20.8 Å². The maximum Gasteiger partial charge on any atom is 0.305 e. The molecule has 1 amide bonds. The van der Waals surface area contributed by atoms with Crippen molar-refractivity contribution in [2.75, 3.05) is 13.7 Å². The van der Waals surface area contributed by atoms with Crippen molar-refractivity contribution in [2.24, 2.45) is 0 Å². The molecule has 2 N–H and O–H groups in total. The lowest BCUT2D eigenvalue weighted by atomic mass is 10.0. The first kappa shape index (κ1) is 17.4. The lowest BCUT2D eigenvalue weighted by molar-refractivity contribution is -0.137. The maximum absolute atomic E-state index is 12.5. The largest absolute Gasteiger partial charge is 0.497 e. The van der Waals surface area contributed by atoms with E-state index in [1.165, 1.54) is 4.68 Å². The highest BCUT2D eigenvalue weighted by molar-refractivity contribution is 5.81. The van der Waals surface area contributed by atoms with Gasteiger partial charge in [-0.2, -0.15) is 0 Å². The predicted molar refractivity (Wildman–Crippen MR) is 83.6 cm³/mol. The molecule has 0 radical (unpaired) electrons. The zero-order valence-electron chi connectivity index (χ0n) is 13.5. The van der Waals surface area contributed by atoms with Crippen LogP contribution in [0.25, 0.3) is 0 Å². The van der Waals surface area contributed by atoms with Gasteiger partial charge in [0.15, 0.2) is 0 Å². The zero-order valence-corrected chi connectivity index (χ0v) is 13.5. The number of amides is 1. The number of nitrogens with zero attached hydrogens (tertiary/aromatic N) is 4. The van der Waals surface area contributed by atoms with Crippen molar-refractivity contribution < 1.29 is 19.4 Å². The van der Waals surface area contributed by atoms with E-state index >= 15 is 0 Å². The van der Waals surface area contributed by atoms with Gasteiger partial charge in [0.1, 0.15) is 17.6 Å². The van der Waals surface area contributed by atoms with Crippen molar-refractivity contribution in [1.29, 1.82) is 0 Å². The molecule has 0 saturated heterocycles. The summed E-state index contributed by atoms with van der Waals surface area (Å²) in [6.07, 6.45) is 0.203. The summed E-state index contributed by atoms with van der Waals surface area (Å²) in [5.74, 6) is -0.130. The standard InChI is InChI=1S/C15H19N5O4/c1-10-17-18-19-20(10)13(15(23)16-7-6-14(21)22)9-11-4-3-5-12(8-11)24-2/h3-5,8,13H,6-7,9H2,1-2H3,(H,16,23)(H,21,22). The number of aromatic nitrogens is 4. The Morgan fingerprint density at radius 2 is 2.21 bits per heavy atom. The Hall–Kier alpha value is -2.97. The Morgan fingerprint density at radius 1 is 1.42 bits per heavy atom. The van der Waals surface area contributed by atoms with E-state index in [1.807, 2.05) is 24.3 Å². The van der Waals surface area contributed by atoms with Gasteiger partial charge in [-0.1, -0.05) is 12.1 Å². The molecule has 128 valence electrons. The highest BCUT2D eigenvalue weighted by atomic mass is 16.5. The number of carboxylic acids is 1. The van der Waals surface area contributed by atoms with Crippen LogP contribution in [0.15, 0.2) is 24.3 Å². The monoisotopic (exact) mass is 333 g/mol. The number of tetrazole rings is 1. The molecule has 2 aromatic rings. The van der Waals surface area contributed by atoms with Crippen LogP contribution in [0.1, 0.15) is 23.9 Å². The normalized spacial score (nSPS) is 11.8. The van der Waals surface area contributed by atoms with E-state index in [-0.39, 0.29) is 18.9 Å². The maximum atomic E-state index is 12.5. The summed E-state index contributed by atoms with van der Waals surface area (Å²) in [4.78, 5) is 23.1. The van der Waals surface area contributed by atoms with Crippen LogP contribution < -0.4 is 10.1 Å². The van der Waals surface area contributed by atoms with E-state index in [0.29, 0.717) is 18.0 Å². The van der Waals surface area contributed by atoms with Crippen LogP contribution in [-0.4, -0.2) is 50.8 Å². The molecule has 1 atom stereocenters. The summed E-state index contributed by atoms with van der Waals surface area (Å²) in [7, 11) is 1.57. The van der Waals surface area contributed by atoms with Gasteiger partial charge in [0.05, 0.1) is 13.5 Å². The first-order valence-corrected chi connectivity index (χ1v) is 7.38. The number of methoxy groups -OCH3 is 1. The third-order valence-corrected chi connectivity index (χ3v) is 3.46. The molecule has 0 aliphatic rings. The lowest BCUT2D eigenvalue weighted by Gasteiger charge is -2.17. The van der Waals surface area contributed by atoms with E-state index < -0.39 is 12.0 Å². The van der Waals surface area contributed by atoms with Crippen LogP contribution in [0.4, 0.5) is 0 Å².